The van der Waals surface area contributed by atoms with Crippen molar-refractivity contribution in [2.24, 2.45) is 0 Å². The molecule has 6 heteroatoms. The molecule has 0 atom stereocenters. The molecule has 110 valence electrons. The second-order valence-corrected chi connectivity index (χ2v) is 4.59. The number of aromatic nitrogens is 1. The molecule has 0 spiro atoms. The van der Waals surface area contributed by atoms with Gasteiger partial charge in [0, 0.05) is 32.4 Å². The molecule has 1 amide bonds. The van der Waals surface area contributed by atoms with Crippen LogP contribution < -0.4 is 15.2 Å². The van der Waals surface area contributed by atoms with Crippen LogP contribution >= 0.6 is 0 Å². The summed E-state index contributed by atoms with van der Waals surface area (Å²) in [6, 6.07) is 8.40. The summed E-state index contributed by atoms with van der Waals surface area (Å²) in [7, 11) is 4.92. The molecule has 0 radical (unpaired) electrons. The first-order valence-corrected chi connectivity index (χ1v) is 6.30. The zero-order valence-electron chi connectivity index (χ0n) is 12.2. The van der Waals surface area contributed by atoms with Crippen molar-refractivity contribution in [3.8, 4) is 17.4 Å². The van der Waals surface area contributed by atoms with E-state index in [2.05, 4.69) is 4.98 Å². The van der Waals surface area contributed by atoms with Gasteiger partial charge >= 0.3 is 0 Å². The summed E-state index contributed by atoms with van der Waals surface area (Å²) in [5.41, 5.74) is 6.79. The van der Waals surface area contributed by atoms with Crippen LogP contribution in [0.25, 0.3) is 0 Å². The second kappa shape index (κ2) is 6.13. The van der Waals surface area contributed by atoms with Gasteiger partial charge in [0.05, 0.1) is 18.4 Å². The number of nitrogens with two attached hydrogens (primary N) is 1. The maximum atomic E-state index is 11.7. The zero-order valence-corrected chi connectivity index (χ0v) is 12.2. The summed E-state index contributed by atoms with van der Waals surface area (Å²) in [5.74, 6) is 1.41. The largest absolute Gasteiger partial charge is 0.495 e. The Balaban J connectivity index is 2.13. The Labute approximate surface area is 123 Å². The van der Waals surface area contributed by atoms with Crippen LogP contribution in [0.4, 0.5) is 5.69 Å². The third kappa shape index (κ3) is 3.42. The van der Waals surface area contributed by atoms with E-state index in [9.17, 15) is 4.79 Å². The maximum absolute atomic E-state index is 11.7. The first-order valence-electron chi connectivity index (χ1n) is 6.30. The molecule has 21 heavy (non-hydrogen) atoms. The van der Waals surface area contributed by atoms with E-state index in [0.29, 0.717) is 28.6 Å². The third-order valence-electron chi connectivity index (χ3n) is 2.81. The number of carbonyl (C=O) groups is 1. The lowest BCUT2D eigenvalue weighted by Crippen LogP contribution is -2.21. The molecule has 0 bridgehead atoms. The van der Waals surface area contributed by atoms with Crippen molar-refractivity contribution in [1.82, 2.24) is 9.88 Å². The number of nitrogens with zero attached hydrogens (tertiary/aromatic N) is 2. The van der Waals surface area contributed by atoms with E-state index in [0.717, 1.165) is 0 Å². The number of ether oxygens (including phenoxy) is 2. The first kappa shape index (κ1) is 14.6. The number of carbonyl (C=O) groups excluding carboxylic acids is 1. The van der Waals surface area contributed by atoms with E-state index < -0.39 is 0 Å². The van der Waals surface area contributed by atoms with Crippen LogP contribution in [0.3, 0.4) is 0 Å². The molecule has 1 heterocycles. The van der Waals surface area contributed by atoms with Crippen molar-refractivity contribution in [3.63, 3.8) is 0 Å². The normalized spacial score (nSPS) is 10.0. The number of pyridine rings is 1. The van der Waals surface area contributed by atoms with E-state index >= 15 is 0 Å². The van der Waals surface area contributed by atoms with Gasteiger partial charge in [0.2, 0.25) is 5.88 Å². The number of anilines is 1. The van der Waals surface area contributed by atoms with Gasteiger partial charge in [-0.2, -0.15) is 0 Å². The van der Waals surface area contributed by atoms with E-state index in [1.54, 1.807) is 51.5 Å². The second-order valence-electron chi connectivity index (χ2n) is 4.59. The van der Waals surface area contributed by atoms with Gasteiger partial charge in [-0.25, -0.2) is 4.98 Å². The molecular formula is C15H17N3O3. The molecule has 2 N–H and O–H groups in total. The average Bonchev–Trinajstić information content (AvgIpc) is 2.47. The maximum Gasteiger partial charge on any atom is 0.254 e. The number of hydrogen-bond acceptors (Lipinski definition) is 5. The SMILES string of the molecule is COc1ccc(Oc2ccc(C(=O)N(C)C)cn2)cc1N. The molecule has 6 nitrogen and oxygen atoms in total. The number of hydrogen-bond donors (Lipinski definition) is 1. The molecule has 0 aliphatic rings. The van der Waals surface area contributed by atoms with Gasteiger partial charge in [-0.05, 0) is 18.2 Å². The topological polar surface area (TPSA) is 77.7 Å². The van der Waals surface area contributed by atoms with Crippen LogP contribution in [0.1, 0.15) is 10.4 Å². The Bertz CT molecular complexity index is 639. The van der Waals surface area contributed by atoms with Crippen molar-refractivity contribution < 1.29 is 14.3 Å². The number of nitrogen functional groups attached to an aromatic ring is 1. The standard InChI is InChI=1S/C15H17N3O3/c1-18(2)15(19)10-4-7-14(17-9-10)21-11-5-6-13(20-3)12(16)8-11/h4-9H,16H2,1-3H3. The van der Waals surface area contributed by atoms with Gasteiger partial charge in [0.15, 0.2) is 0 Å². The van der Waals surface area contributed by atoms with Crippen LogP contribution in [0.2, 0.25) is 0 Å². The van der Waals surface area contributed by atoms with Gasteiger partial charge in [-0.15, -0.1) is 0 Å². The van der Waals surface area contributed by atoms with Crippen LogP contribution in [0.15, 0.2) is 36.5 Å². The van der Waals surface area contributed by atoms with Crippen molar-refractivity contribution in [2.45, 2.75) is 0 Å². The van der Waals surface area contributed by atoms with Gasteiger partial charge in [-0.1, -0.05) is 0 Å². The minimum absolute atomic E-state index is 0.109. The van der Waals surface area contributed by atoms with Crippen LogP contribution in [0.5, 0.6) is 17.4 Å². The number of methoxy groups -OCH3 is 1. The molecule has 0 fully saturated rings. The highest BCUT2D eigenvalue weighted by atomic mass is 16.5. The van der Waals surface area contributed by atoms with Gasteiger partial charge < -0.3 is 20.1 Å². The fraction of sp³-hybridized carbons (Fsp3) is 0.200. The minimum atomic E-state index is -0.109. The minimum Gasteiger partial charge on any atom is -0.495 e. The van der Waals surface area contributed by atoms with Crippen molar-refractivity contribution in [1.29, 1.82) is 0 Å². The molecule has 0 saturated heterocycles. The van der Waals surface area contributed by atoms with Gasteiger partial charge in [0.25, 0.3) is 5.91 Å². The van der Waals surface area contributed by atoms with E-state index in [4.69, 9.17) is 15.2 Å². The molecule has 0 saturated carbocycles. The Morgan fingerprint density at radius 2 is 2.00 bits per heavy atom. The summed E-state index contributed by atoms with van der Waals surface area (Å²) in [5, 5.41) is 0. The lowest BCUT2D eigenvalue weighted by Gasteiger charge is -2.11. The summed E-state index contributed by atoms with van der Waals surface area (Å²) >= 11 is 0. The summed E-state index contributed by atoms with van der Waals surface area (Å²) < 4.78 is 10.7. The average molecular weight is 287 g/mol. The molecule has 1 aromatic carbocycles. The smallest absolute Gasteiger partial charge is 0.254 e. The zero-order chi connectivity index (χ0) is 15.4. The van der Waals surface area contributed by atoms with Gasteiger partial charge in [0.1, 0.15) is 11.5 Å². The highest BCUT2D eigenvalue weighted by Gasteiger charge is 2.09. The van der Waals surface area contributed by atoms with Crippen molar-refractivity contribution in [2.75, 3.05) is 26.9 Å². The highest BCUT2D eigenvalue weighted by molar-refractivity contribution is 5.93. The van der Waals surface area contributed by atoms with Crippen molar-refractivity contribution in [3.05, 3.63) is 42.1 Å². The molecule has 2 aromatic rings. The predicted molar refractivity (Wildman–Crippen MR) is 79.7 cm³/mol. The number of benzene rings is 1. The first-order chi connectivity index (χ1) is 10.0. The van der Waals surface area contributed by atoms with Crippen molar-refractivity contribution >= 4 is 11.6 Å². The summed E-state index contributed by atoms with van der Waals surface area (Å²) in [6.07, 6.45) is 1.48. The Hall–Kier alpha value is -2.76. The number of amides is 1. The third-order valence-corrected chi connectivity index (χ3v) is 2.81. The molecular weight excluding hydrogens is 270 g/mol. The fourth-order valence-electron chi connectivity index (χ4n) is 1.72. The summed E-state index contributed by atoms with van der Waals surface area (Å²) in [6.45, 7) is 0. The monoisotopic (exact) mass is 287 g/mol. The summed E-state index contributed by atoms with van der Waals surface area (Å²) in [4.78, 5) is 17.3. The molecule has 0 aliphatic carbocycles. The van der Waals surface area contributed by atoms with Crippen LogP contribution in [-0.4, -0.2) is 37.0 Å². The highest BCUT2D eigenvalue weighted by Crippen LogP contribution is 2.28. The molecule has 1 aromatic heterocycles. The Morgan fingerprint density at radius 1 is 1.24 bits per heavy atom. The lowest BCUT2D eigenvalue weighted by atomic mass is 10.2. The van der Waals surface area contributed by atoms with Crippen LogP contribution in [0, 0.1) is 0 Å². The van der Waals surface area contributed by atoms with E-state index in [-0.39, 0.29) is 5.91 Å². The van der Waals surface area contributed by atoms with Gasteiger partial charge in [-0.3, -0.25) is 4.79 Å². The lowest BCUT2D eigenvalue weighted by molar-refractivity contribution is 0.0827. The van der Waals surface area contributed by atoms with E-state index in [1.165, 1.54) is 11.1 Å². The molecule has 0 aliphatic heterocycles. The molecule has 2 rings (SSSR count). The Morgan fingerprint density at radius 3 is 2.52 bits per heavy atom. The predicted octanol–water partition coefficient (Wildman–Crippen LogP) is 2.17. The quantitative estimate of drug-likeness (QED) is 0.872. The molecule has 0 unspecified atom stereocenters. The van der Waals surface area contributed by atoms with Crippen LogP contribution in [-0.2, 0) is 0 Å². The Kier molecular flexibility index (Phi) is 4.27. The fourth-order valence-corrected chi connectivity index (χ4v) is 1.72. The number of rotatable bonds is 4. The van der Waals surface area contributed by atoms with E-state index in [1.807, 2.05) is 0 Å².